The van der Waals surface area contributed by atoms with E-state index < -0.39 is 0 Å². The van der Waals surface area contributed by atoms with Crippen molar-refractivity contribution >= 4 is 11.8 Å². The molecule has 28 heavy (non-hydrogen) atoms. The zero-order valence-corrected chi connectivity index (χ0v) is 16.0. The van der Waals surface area contributed by atoms with Crippen molar-refractivity contribution in [2.24, 2.45) is 5.92 Å². The van der Waals surface area contributed by atoms with E-state index in [1.54, 1.807) is 31.3 Å². The first kappa shape index (κ1) is 19.9. The number of benzene rings is 1. The number of aryl methyl sites for hydroxylation is 1. The number of aromatic nitrogens is 2. The first-order valence-electron chi connectivity index (χ1n) is 9.60. The van der Waals surface area contributed by atoms with Gasteiger partial charge in [-0.05, 0) is 38.2 Å². The van der Waals surface area contributed by atoms with Crippen LogP contribution in [0.4, 0.5) is 4.39 Å². The summed E-state index contributed by atoms with van der Waals surface area (Å²) in [5.74, 6) is -0.183. The average Bonchev–Trinajstić information content (AvgIpc) is 2.72. The Morgan fingerprint density at radius 3 is 2.93 bits per heavy atom. The number of carbonyl (C=O) groups excluding carboxylic acids is 2. The molecule has 0 saturated carbocycles. The van der Waals surface area contributed by atoms with E-state index in [0.717, 1.165) is 12.8 Å². The number of hydrogen-bond donors (Lipinski definition) is 1. The van der Waals surface area contributed by atoms with E-state index >= 15 is 0 Å². The van der Waals surface area contributed by atoms with E-state index in [9.17, 15) is 14.0 Å². The molecule has 148 valence electrons. The number of amides is 2. The Morgan fingerprint density at radius 2 is 2.14 bits per heavy atom. The largest absolute Gasteiger partial charge is 0.352 e. The molecule has 1 N–H and O–H groups in total. The minimum absolute atomic E-state index is 0.0493. The number of piperidine rings is 1. The lowest BCUT2D eigenvalue weighted by atomic mass is 9.92. The van der Waals surface area contributed by atoms with Gasteiger partial charge in [0, 0.05) is 37.8 Å². The van der Waals surface area contributed by atoms with Crippen molar-refractivity contribution in [1.82, 2.24) is 20.2 Å². The number of nitrogens with one attached hydrogen (secondary N) is 1. The molecule has 1 unspecified atom stereocenters. The molecular formula is C21H25FN4O2. The van der Waals surface area contributed by atoms with Crippen molar-refractivity contribution in [3.05, 3.63) is 59.4 Å². The van der Waals surface area contributed by atoms with E-state index in [0.29, 0.717) is 42.8 Å². The van der Waals surface area contributed by atoms with Gasteiger partial charge in [0.1, 0.15) is 12.1 Å². The molecular weight excluding hydrogens is 359 g/mol. The summed E-state index contributed by atoms with van der Waals surface area (Å²) in [6.07, 6.45) is 5.98. The van der Waals surface area contributed by atoms with E-state index in [2.05, 4.69) is 15.3 Å². The average molecular weight is 384 g/mol. The van der Waals surface area contributed by atoms with Gasteiger partial charge < -0.3 is 10.2 Å². The lowest BCUT2D eigenvalue weighted by Crippen LogP contribution is -2.40. The first-order valence-corrected chi connectivity index (χ1v) is 9.60. The quantitative estimate of drug-likeness (QED) is 0.831. The standard InChI is InChI=1S/C21H25FN4O2/c1-15-18(12-23-14-25-15)21(28)26-10-4-5-16(13-26)8-9-20(27)24-11-17-6-2-3-7-19(17)22/h2-3,6-7,12,14,16H,4-5,8-11,13H2,1H3,(H,24,27). The van der Waals surface area contributed by atoms with Gasteiger partial charge >= 0.3 is 0 Å². The Balaban J connectivity index is 1.47. The molecule has 2 aromatic rings. The van der Waals surface area contributed by atoms with Crippen LogP contribution in [0.5, 0.6) is 0 Å². The van der Waals surface area contributed by atoms with Crippen LogP contribution in [-0.2, 0) is 11.3 Å². The molecule has 1 aromatic heterocycles. The zero-order chi connectivity index (χ0) is 19.9. The van der Waals surface area contributed by atoms with Crippen LogP contribution in [0.2, 0.25) is 0 Å². The van der Waals surface area contributed by atoms with Crippen LogP contribution >= 0.6 is 0 Å². The summed E-state index contributed by atoms with van der Waals surface area (Å²) in [5, 5.41) is 2.77. The predicted octanol–water partition coefficient (Wildman–Crippen LogP) is 2.87. The monoisotopic (exact) mass is 384 g/mol. The Morgan fingerprint density at radius 1 is 1.32 bits per heavy atom. The van der Waals surface area contributed by atoms with E-state index in [-0.39, 0.29) is 30.1 Å². The second kappa shape index (κ2) is 9.39. The number of hydrogen-bond acceptors (Lipinski definition) is 4. The van der Waals surface area contributed by atoms with Gasteiger partial charge in [0.05, 0.1) is 11.3 Å². The van der Waals surface area contributed by atoms with Gasteiger partial charge in [-0.3, -0.25) is 9.59 Å². The summed E-state index contributed by atoms with van der Waals surface area (Å²) in [6, 6.07) is 6.42. The molecule has 1 saturated heterocycles. The van der Waals surface area contributed by atoms with Crippen LogP contribution in [0, 0.1) is 18.7 Å². The van der Waals surface area contributed by atoms with Crippen molar-refractivity contribution in [3.63, 3.8) is 0 Å². The van der Waals surface area contributed by atoms with Gasteiger partial charge in [-0.1, -0.05) is 18.2 Å². The summed E-state index contributed by atoms with van der Waals surface area (Å²) in [4.78, 5) is 34.7. The zero-order valence-electron chi connectivity index (χ0n) is 16.0. The highest BCUT2D eigenvalue weighted by molar-refractivity contribution is 5.94. The smallest absolute Gasteiger partial charge is 0.257 e. The third kappa shape index (κ3) is 5.12. The SMILES string of the molecule is Cc1ncncc1C(=O)N1CCCC(CCC(=O)NCc2ccccc2F)C1. The van der Waals surface area contributed by atoms with E-state index in [1.165, 1.54) is 12.4 Å². The molecule has 2 heterocycles. The predicted molar refractivity (Wildman–Crippen MR) is 103 cm³/mol. The second-order valence-electron chi connectivity index (χ2n) is 7.19. The van der Waals surface area contributed by atoms with E-state index in [4.69, 9.17) is 0 Å². The van der Waals surface area contributed by atoms with Crippen molar-refractivity contribution in [2.45, 2.75) is 39.2 Å². The molecule has 6 nitrogen and oxygen atoms in total. The fourth-order valence-corrected chi connectivity index (χ4v) is 3.52. The Labute approximate surface area is 164 Å². The van der Waals surface area contributed by atoms with Crippen LogP contribution in [0.1, 0.15) is 47.3 Å². The molecule has 2 amide bonds. The number of nitrogens with zero attached hydrogens (tertiary/aromatic N) is 3. The van der Waals surface area contributed by atoms with Gasteiger partial charge in [0.25, 0.3) is 5.91 Å². The Hall–Kier alpha value is -2.83. The van der Waals surface area contributed by atoms with Crippen molar-refractivity contribution in [3.8, 4) is 0 Å². The van der Waals surface area contributed by atoms with Crippen LogP contribution in [0.3, 0.4) is 0 Å². The molecule has 0 radical (unpaired) electrons. The normalized spacial score (nSPS) is 16.6. The highest BCUT2D eigenvalue weighted by Crippen LogP contribution is 2.23. The second-order valence-corrected chi connectivity index (χ2v) is 7.19. The minimum Gasteiger partial charge on any atom is -0.352 e. The maximum Gasteiger partial charge on any atom is 0.257 e. The van der Waals surface area contributed by atoms with Crippen LogP contribution in [0.25, 0.3) is 0 Å². The van der Waals surface area contributed by atoms with Crippen molar-refractivity contribution in [2.75, 3.05) is 13.1 Å². The third-order valence-corrected chi connectivity index (χ3v) is 5.16. The fraction of sp³-hybridized carbons (Fsp3) is 0.429. The Bertz CT molecular complexity index is 843. The summed E-state index contributed by atoms with van der Waals surface area (Å²) < 4.78 is 13.6. The Kier molecular flexibility index (Phi) is 6.68. The molecule has 1 aromatic carbocycles. The van der Waals surface area contributed by atoms with Gasteiger partial charge in [-0.15, -0.1) is 0 Å². The number of halogens is 1. The minimum atomic E-state index is -0.315. The summed E-state index contributed by atoms with van der Waals surface area (Å²) >= 11 is 0. The maximum absolute atomic E-state index is 13.6. The van der Waals surface area contributed by atoms with Crippen LogP contribution in [0.15, 0.2) is 36.8 Å². The van der Waals surface area contributed by atoms with Gasteiger partial charge in [0.15, 0.2) is 0 Å². The van der Waals surface area contributed by atoms with Crippen molar-refractivity contribution < 1.29 is 14.0 Å². The third-order valence-electron chi connectivity index (χ3n) is 5.16. The molecule has 3 rings (SSSR count). The molecule has 1 fully saturated rings. The molecule has 7 heteroatoms. The van der Waals surface area contributed by atoms with Crippen LogP contribution in [-0.4, -0.2) is 39.8 Å². The maximum atomic E-state index is 13.6. The molecule has 0 spiro atoms. The van der Waals surface area contributed by atoms with E-state index in [1.807, 2.05) is 4.90 Å². The van der Waals surface area contributed by atoms with Crippen molar-refractivity contribution in [1.29, 1.82) is 0 Å². The van der Waals surface area contributed by atoms with Gasteiger partial charge in [-0.25, -0.2) is 14.4 Å². The summed E-state index contributed by atoms with van der Waals surface area (Å²) in [6.45, 7) is 3.33. The molecule has 1 atom stereocenters. The van der Waals surface area contributed by atoms with Gasteiger partial charge in [-0.2, -0.15) is 0 Å². The lowest BCUT2D eigenvalue weighted by Gasteiger charge is -2.33. The highest BCUT2D eigenvalue weighted by Gasteiger charge is 2.26. The highest BCUT2D eigenvalue weighted by atomic mass is 19.1. The molecule has 0 bridgehead atoms. The number of likely N-dealkylation sites (tertiary alicyclic amines) is 1. The molecule has 1 aliphatic heterocycles. The molecule has 1 aliphatic rings. The topological polar surface area (TPSA) is 75.2 Å². The number of rotatable bonds is 6. The fourth-order valence-electron chi connectivity index (χ4n) is 3.52. The van der Waals surface area contributed by atoms with Gasteiger partial charge in [0.2, 0.25) is 5.91 Å². The number of carbonyl (C=O) groups is 2. The summed E-state index contributed by atoms with van der Waals surface area (Å²) in [5.41, 5.74) is 1.69. The first-order chi connectivity index (χ1) is 13.5. The summed E-state index contributed by atoms with van der Waals surface area (Å²) in [7, 11) is 0. The molecule has 0 aliphatic carbocycles. The van der Waals surface area contributed by atoms with Crippen LogP contribution < -0.4 is 5.32 Å². The lowest BCUT2D eigenvalue weighted by molar-refractivity contribution is -0.121.